The highest BCUT2D eigenvalue weighted by molar-refractivity contribution is 6.13. The third-order valence-corrected chi connectivity index (χ3v) is 9.70. The third-order valence-electron chi connectivity index (χ3n) is 9.70. The average Bonchev–Trinajstić information content (AvgIpc) is 3.79. The summed E-state index contributed by atoms with van der Waals surface area (Å²) in [5, 5.41) is 4.48. The van der Waals surface area contributed by atoms with E-state index in [1.807, 2.05) is 36.4 Å². The molecular weight excluding hydrogens is 625 g/mol. The largest absolute Gasteiger partial charge is 0.454 e. The van der Waals surface area contributed by atoms with Gasteiger partial charge in [0.1, 0.15) is 11.1 Å². The van der Waals surface area contributed by atoms with Crippen molar-refractivity contribution in [2.24, 2.45) is 0 Å². The molecule has 2 aromatic heterocycles. The molecule has 0 atom stereocenters. The van der Waals surface area contributed by atoms with E-state index in [1.54, 1.807) is 0 Å². The number of nitrogens with zero attached hydrogens (tertiary/aromatic N) is 2. The van der Waals surface area contributed by atoms with Crippen molar-refractivity contribution in [2.75, 3.05) is 4.90 Å². The summed E-state index contributed by atoms with van der Waals surface area (Å²) in [5.41, 5.74) is 11.6. The van der Waals surface area contributed by atoms with Crippen molar-refractivity contribution in [3.8, 4) is 33.7 Å². The molecule has 0 aliphatic rings. The maximum atomic E-state index is 6.79. The van der Waals surface area contributed by atoms with Crippen molar-refractivity contribution in [2.45, 2.75) is 0 Å². The van der Waals surface area contributed by atoms with E-state index in [9.17, 15) is 0 Å². The van der Waals surface area contributed by atoms with Gasteiger partial charge in [-0.15, -0.1) is 0 Å². The predicted molar refractivity (Wildman–Crippen MR) is 210 cm³/mol. The highest BCUT2D eigenvalue weighted by atomic mass is 16.4. The molecule has 10 rings (SSSR count). The Morgan fingerprint density at radius 3 is 1.88 bits per heavy atom. The van der Waals surface area contributed by atoms with Gasteiger partial charge in [0, 0.05) is 33.7 Å². The van der Waals surface area contributed by atoms with Gasteiger partial charge in [-0.3, -0.25) is 0 Å². The standard InChI is InChI=1S/C47H30N2O2/c1-3-13-32(14-4-1)38-20-9-10-23-42(38)49(35-27-25-33(26-28-35)37-21-11-18-31-15-7-8-19-36(31)37)43-24-12-22-39-40-29-41-45(30-44(40)50-46(39)43)51-47(48-41)34-16-5-2-6-17-34/h1-30H. The molecule has 51 heavy (non-hydrogen) atoms. The maximum absolute atomic E-state index is 6.79. The van der Waals surface area contributed by atoms with Crippen LogP contribution in [0.5, 0.6) is 0 Å². The fourth-order valence-corrected chi connectivity index (χ4v) is 7.29. The Labute approximate surface area is 294 Å². The quantitative estimate of drug-likeness (QED) is 0.179. The van der Waals surface area contributed by atoms with Gasteiger partial charge in [-0.05, 0) is 69.9 Å². The zero-order valence-electron chi connectivity index (χ0n) is 27.5. The van der Waals surface area contributed by atoms with Crippen LogP contribution in [0.2, 0.25) is 0 Å². The van der Waals surface area contributed by atoms with Crippen LogP contribution < -0.4 is 4.90 Å². The van der Waals surface area contributed by atoms with Crippen molar-refractivity contribution in [1.82, 2.24) is 4.98 Å². The molecule has 0 N–H and O–H groups in total. The first kappa shape index (κ1) is 29.0. The maximum Gasteiger partial charge on any atom is 0.227 e. The van der Waals surface area contributed by atoms with Crippen molar-refractivity contribution in [1.29, 1.82) is 0 Å². The van der Waals surface area contributed by atoms with Crippen LogP contribution in [0.3, 0.4) is 0 Å². The molecule has 4 heteroatoms. The second-order valence-electron chi connectivity index (χ2n) is 12.7. The molecule has 0 fully saturated rings. The number of hydrogen-bond donors (Lipinski definition) is 0. The molecule has 0 aliphatic heterocycles. The van der Waals surface area contributed by atoms with Crippen LogP contribution in [0.25, 0.3) is 77.5 Å². The van der Waals surface area contributed by atoms with E-state index < -0.39 is 0 Å². The van der Waals surface area contributed by atoms with E-state index in [0.29, 0.717) is 11.5 Å². The van der Waals surface area contributed by atoms with Crippen molar-refractivity contribution in [3.63, 3.8) is 0 Å². The number of para-hydroxylation sites is 2. The van der Waals surface area contributed by atoms with Crippen LogP contribution in [0.4, 0.5) is 17.1 Å². The van der Waals surface area contributed by atoms with E-state index in [4.69, 9.17) is 13.8 Å². The lowest BCUT2D eigenvalue weighted by atomic mass is 9.97. The summed E-state index contributed by atoms with van der Waals surface area (Å²) in [6.45, 7) is 0. The zero-order chi connectivity index (χ0) is 33.7. The predicted octanol–water partition coefficient (Wildman–Crippen LogP) is 13.4. The van der Waals surface area contributed by atoms with Gasteiger partial charge in [0.2, 0.25) is 5.89 Å². The SMILES string of the molecule is c1ccc(-c2nc3cc4c(cc3o2)oc2c(N(c3ccc(-c5cccc6ccccc56)cc3)c3ccccc3-c3ccccc3)cccc24)cc1. The first-order valence-electron chi connectivity index (χ1n) is 17.1. The van der Waals surface area contributed by atoms with E-state index in [-0.39, 0.29) is 0 Å². The smallest absolute Gasteiger partial charge is 0.227 e. The Balaban J connectivity index is 1.16. The molecule has 0 radical (unpaired) electrons. The van der Waals surface area contributed by atoms with Crippen LogP contribution in [-0.4, -0.2) is 4.98 Å². The number of anilines is 3. The summed E-state index contributed by atoms with van der Waals surface area (Å²) in [4.78, 5) is 7.17. The molecule has 0 unspecified atom stereocenters. The van der Waals surface area contributed by atoms with Gasteiger partial charge >= 0.3 is 0 Å². The average molecular weight is 655 g/mol. The summed E-state index contributed by atoms with van der Waals surface area (Å²) in [5.74, 6) is 0.596. The summed E-state index contributed by atoms with van der Waals surface area (Å²) < 4.78 is 13.0. The molecule has 4 nitrogen and oxygen atoms in total. The Morgan fingerprint density at radius 1 is 0.412 bits per heavy atom. The second-order valence-corrected chi connectivity index (χ2v) is 12.7. The third kappa shape index (κ3) is 4.96. The molecule has 10 aromatic rings. The van der Waals surface area contributed by atoms with E-state index in [0.717, 1.165) is 61.2 Å². The highest BCUT2D eigenvalue weighted by Crippen LogP contribution is 2.46. The number of aromatic nitrogens is 1. The summed E-state index contributed by atoms with van der Waals surface area (Å²) in [6, 6.07) is 63.4. The molecule has 0 saturated heterocycles. The minimum Gasteiger partial charge on any atom is -0.454 e. The number of hydrogen-bond acceptors (Lipinski definition) is 4. The molecule has 8 aromatic carbocycles. The van der Waals surface area contributed by atoms with Gasteiger partial charge in [0.05, 0.1) is 11.4 Å². The molecule has 240 valence electrons. The van der Waals surface area contributed by atoms with Crippen LogP contribution in [-0.2, 0) is 0 Å². The lowest BCUT2D eigenvalue weighted by molar-refractivity contribution is 0.617. The molecule has 0 spiro atoms. The number of furan rings is 1. The summed E-state index contributed by atoms with van der Waals surface area (Å²) in [7, 11) is 0. The fourth-order valence-electron chi connectivity index (χ4n) is 7.29. The van der Waals surface area contributed by atoms with Gasteiger partial charge in [-0.25, -0.2) is 4.98 Å². The van der Waals surface area contributed by atoms with Crippen LogP contribution >= 0.6 is 0 Å². The Morgan fingerprint density at radius 2 is 1.04 bits per heavy atom. The lowest BCUT2D eigenvalue weighted by Crippen LogP contribution is -2.11. The van der Waals surface area contributed by atoms with Gasteiger partial charge in [0.15, 0.2) is 11.2 Å². The van der Waals surface area contributed by atoms with Gasteiger partial charge < -0.3 is 13.7 Å². The topological polar surface area (TPSA) is 42.4 Å². The minimum absolute atomic E-state index is 0.596. The fraction of sp³-hybridized carbons (Fsp3) is 0. The Hall–Kier alpha value is -6.91. The highest BCUT2D eigenvalue weighted by Gasteiger charge is 2.23. The lowest BCUT2D eigenvalue weighted by Gasteiger charge is -2.28. The number of rotatable bonds is 6. The van der Waals surface area contributed by atoms with E-state index in [1.165, 1.54) is 21.9 Å². The molecule has 2 heterocycles. The van der Waals surface area contributed by atoms with Gasteiger partial charge in [-0.1, -0.05) is 133 Å². The van der Waals surface area contributed by atoms with Gasteiger partial charge in [0.25, 0.3) is 0 Å². The van der Waals surface area contributed by atoms with Crippen molar-refractivity contribution < 1.29 is 8.83 Å². The molecule has 0 bridgehead atoms. The summed E-state index contributed by atoms with van der Waals surface area (Å²) >= 11 is 0. The Kier molecular flexibility index (Phi) is 6.78. The van der Waals surface area contributed by atoms with Gasteiger partial charge in [-0.2, -0.15) is 0 Å². The Bertz CT molecular complexity index is 2850. The first-order chi connectivity index (χ1) is 25.3. The van der Waals surface area contributed by atoms with Crippen molar-refractivity contribution >= 4 is 60.9 Å². The number of oxazole rings is 1. The normalized spacial score (nSPS) is 11.5. The second kappa shape index (κ2) is 11.9. The van der Waals surface area contributed by atoms with Crippen LogP contribution in [0.15, 0.2) is 191 Å². The minimum atomic E-state index is 0.596. The number of benzene rings is 8. The molecule has 0 saturated carbocycles. The van der Waals surface area contributed by atoms with Crippen LogP contribution in [0, 0.1) is 0 Å². The summed E-state index contributed by atoms with van der Waals surface area (Å²) in [6.07, 6.45) is 0. The zero-order valence-corrected chi connectivity index (χ0v) is 27.5. The number of fused-ring (bicyclic) bond motifs is 5. The molecular formula is C47H30N2O2. The monoisotopic (exact) mass is 654 g/mol. The van der Waals surface area contributed by atoms with Crippen LogP contribution in [0.1, 0.15) is 0 Å². The van der Waals surface area contributed by atoms with E-state index >= 15 is 0 Å². The molecule has 0 aliphatic carbocycles. The first-order valence-corrected chi connectivity index (χ1v) is 17.1. The van der Waals surface area contributed by atoms with E-state index in [2.05, 4.69) is 150 Å². The molecule has 0 amide bonds. The van der Waals surface area contributed by atoms with Crippen molar-refractivity contribution in [3.05, 3.63) is 182 Å².